The molecule has 2 aromatic heterocycles. The summed E-state index contributed by atoms with van der Waals surface area (Å²) in [4.78, 5) is 18.5. The van der Waals surface area contributed by atoms with E-state index >= 15 is 0 Å². The van der Waals surface area contributed by atoms with Crippen LogP contribution in [-0.4, -0.2) is 25.4 Å². The van der Waals surface area contributed by atoms with Crippen molar-refractivity contribution in [2.75, 3.05) is 0 Å². The maximum Gasteiger partial charge on any atom is 0.355 e. The van der Waals surface area contributed by atoms with Crippen LogP contribution in [0.25, 0.3) is 5.65 Å². The van der Waals surface area contributed by atoms with Gasteiger partial charge in [0.2, 0.25) is 0 Å². The van der Waals surface area contributed by atoms with Gasteiger partial charge in [0, 0.05) is 12.4 Å². The molecule has 13 heavy (non-hydrogen) atoms. The molecule has 6 heteroatoms. The molecule has 0 aliphatic rings. The summed E-state index contributed by atoms with van der Waals surface area (Å²) >= 11 is 1.92. The molecule has 1 N–H and O–H groups in total. The van der Waals surface area contributed by atoms with Crippen molar-refractivity contribution < 1.29 is 9.90 Å². The second-order valence-corrected chi connectivity index (χ2v) is 3.45. The number of hydrogen-bond acceptors (Lipinski definition) is 3. The maximum absolute atomic E-state index is 10.7. The number of nitrogens with zero attached hydrogens (tertiary/aromatic N) is 3. The summed E-state index contributed by atoms with van der Waals surface area (Å²) in [6, 6.07) is 0. The second kappa shape index (κ2) is 2.95. The van der Waals surface area contributed by atoms with Gasteiger partial charge in [-0.2, -0.15) is 0 Å². The quantitative estimate of drug-likeness (QED) is 0.796. The van der Waals surface area contributed by atoms with Gasteiger partial charge in [-0.1, -0.05) is 0 Å². The third-order valence-electron chi connectivity index (χ3n) is 1.59. The van der Waals surface area contributed by atoms with Crippen molar-refractivity contribution in [3.8, 4) is 0 Å². The highest BCUT2D eigenvalue weighted by Crippen LogP contribution is 2.14. The van der Waals surface area contributed by atoms with Gasteiger partial charge in [0.25, 0.3) is 0 Å². The van der Waals surface area contributed by atoms with Crippen molar-refractivity contribution in [2.45, 2.75) is 0 Å². The largest absolute Gasteiger partial charge is 0.476 e. The first-order valence-corrected chi connectivity index (χ1v) is 4.48. The standard InChI is InChI=1S/C7H4IN3O2/c8-4-5(7(12)13)10-3-11-2-1-9-6(4)11/h1-3H,(H,12,13). The third kappa shape index (κ3) is 1.26. The van der Waals surface area contributed by atoms with Crippen molar-refractivity contribution in [3.05, 3.63) is 28.0 Å². The Bertz CT molecular complexity index is 480. The SMILES string of the molecule is O=C(O)c1ncn2ccnc2c1I. The highest BCUT2D eigenvalue weighted by atomic mass is 127. The van der Waals surface area contributed by atoms with Crippen molar-refractivity contribution >= 4 is 34.2 Å². The lowest BCUT2D eigenvalue weighted by Crippen LogP contribution is -2.05. The van der Waals surface area contributed by atoms with Gasteiger partial charge in [-0.25, -0.2) is 14.8 Å². The van der Waals surface area contributed by atoms with Gasteiger partial charge in [0.15, 0.2) is 11.3 Å². The molecule has 0 fully saturated rings. The molecule has 0 bridgehead atoms. The monoisotopic (exact) mass is 289 g/mol. The number of carboxylic acid groups (broad SMARTS) is 1. The van der Waals surface area contributed by atoms with Crippen LogP contribution in [0.15, 0.2) is 18.7 Å². The van der Waals surface area contributed by atoms with E-state index in [0.29, 0.717) is 9.22 Å². The van der Waals surface area contributed by atoms with E-state index in [1.807, 2.05) is 22.6 Å². The lowest BCUT2D eigenvalue weighted by Gasteiger charge is -1.99. The molecule has 2 aromatic rings. The zero-order valence-electron chi connectivity index (χ0n) is 6.31. The molecule has 0 unspecified atom stereocenters. The van der Waals surface area contributed by atoms with Crippen molar-refractivity contribution in [1.82, 2.24) is 14.4 Å². The van der Waals surface area contributed by atoms with Crippen LogP contribution in [0, 0.1) is 3.57 Å². The number of carbonyl (C=O) groups is 1. The third-order valence-corrected chi connectivity index (χ3v) is 2.58. The minimum absolute atomic E-state index is 0.0410. The normalized spacial score (nSPS) is 10.5. The van der Waals surface area contributed by atoms with Gasteiger partial charge < -0.3 is 5.11 Å². The van der Waals surface area contributed by atoms with Crippen LogP contribution >= 0.6 is 22.6 Å². The number of aromatic carboxylic acids is 1. The maximum atomic E-state index is 10.7. The van der Waals surface area contributed by atoms with E-state index in [2.05, 4.69) is 9.97 Å². The van der Waals surface area contributed by atoms with Gasteiger partial charge in [-0.05, 0) is 22.6 Å². The molecule has 66 valence electrons. The van der Waals surface area contributed by atoms with E-state index in [0.717, 1.165) is 0 Å². The molecular formula is C7H4IN3O2. The van der Waals surface area contributed by atoms with E-state index in [1.54, 1.807) is 16.8 Å². The van der Waals surface area contributed by atoms with E-state index in [1.165, 1.54) is 6.33 Å². The predicted molar refractivity (Wildman–Crippen MR) is 52.7 cm³/mol. The lowest BCUT2D eigenvalue weighted by atomic mass is 10.4. The summed E-state index contributed by atoms with van der Waals surface area (Å²) in [7, 11) is 0. The number of hydrogen-bond donors (Lipinski definition) is 1. The van der Waals surface area contributed by atoms with E-state index in [9.17, 15) is 4.79 Å². The van der Waals surface area contributed by atoms with Crippen molar-refractivity contribution in [1.29, 1.82) is 0 Å². The molecule has 0 atom stereocenters. The minimum Gasteiger partial charge on any atom is -0.476 e. The fourth-order valence-corrected chi connectivity index (χ4v) is 1.80. The summed E-state index contributed by atoms with van der Waals surface area (Å²) in [6.45, 7) is 0. The highest BCUT2D eigenvalue weighted by Gasteiger charge is 2.13. The molecule has 2 heterocycles. The fourth-order valence-electron chi connectivity index (χ4n) is 1.01. The summed E-state index contributed by atoms with van der Waals surface area (Å²) in [6.07, 6.45) is 4.76. The van der Waals surface area contributed by atoms with Gasteiger partial charge in [0.1, 0.15) is 6.33 Å². The Morgan fingerprint density at radius 1 is 1.54 bits per heavy atom. The summed E-state index contributed by atoms with van der Waals surface area (Å²) < 4.78 is 2.23. The molecule has 0 radical (unpaired) electrons. The Morgan fingerprint density at radius 2 is 2.31 bits per heavy atom. The average Bonchev–Trinajstić information content (AvgIpc) is 2.52. The van der Waals surface area contributed by atoms with Crippen LogP contribution < -0.4 is 0 Å². The second-order valence-electron chi connectivity index (χ2n) is 2.37. The number of rotatable bonds is 1. The number of halogens is 1. The molecule has 0 aromatic carbocycles. The number of aromatic nitrogens is 3. The first-order chi connectivity index (χ1) is 6.20. The lowest BCUT2D eigenvalue weighted by molar-refractivity contribution is 0.0689. The Kier molecular flexibility index (Phi) is 1.91. The Labute approximate surface area is 86.6 Å². The molecule has 0 saturated carbocycles. The van der Waals surface area contributed by atoms with E-state index < -0.39 is 5.97 Å². The number of fused-ring (bicyclic) bond motifs is 1. The molecular weight excluding hydrogens is 285 g/mol. The fraction of sp³-hybridized carbons (Fsp3) is 0. The smallest absolute Gasteiger partial charge is 0.355 e. The summed E-state index contributed by atoms with van der Waals surface area (Å²) in [5, 5.41) is 8.76. The zero-order valence-corrected chi connectivity index (χ0v) is 8.46. The zero-order chi connectivity index (χ0) is 9.42. The van der Waals surface area contributed by atoms with Crippen molar-refractivity contribution in [2.24, 2.45) is 0 Å². The molecule has 5 nitrogen and oxygen atoms in total. The van der Waals surface area contributed by atoms with Crippen LogP contribution in [0.2, 0.25) is 0 Å². The Morgan fingerprint density at radius 3 is 3.00 bits per heavy atom. The molecule has 2 rings (SSSR count). The van der Waals surface area contributed by atoms with Gasteiger partial charge in [-0.15, -0.1) is 0 Å². The summed E-state index contributed by atoms with van der Waals surface area (Å²) in [5.74, 6) is -1.03. The first kappa shape index (κ1) is 8.42. The van der Waals surface area contributed by atoms with Crippen LogP contribution in [0.1, 0.15) is 10.5 Å². The molecule has 0 spiro atoms. The van der Waals surface area contributed by atoms with E-state index in [4.69, 9.17) is 5.11 Å². The predicted octanol–water partition coefficient (Wildman–Crippen LogP) is 1.03. The first-order valence-electron chi connectivity index (χ1n) is 3.40. The van der Waals surface area contributed by atoms with Crippen LogP contribution in [0.5, 0.6) is 0 Å². The van der Waals surface area contributed by atoms with Gasteiger partial charge in [-0.3, -0.25) is 4.40 Å². The molecule has 0 amide bonds. The summed E-state index contributed by atoms with van der Waals surface area (Å²) in [5.41, 5.74) is 0.660. The Balaban J connectivity index is 2.80. The van der Waals surface area contributed by atoms with E-state index in [-0.39, 0.29) is 5.69 Å². The van der Waals surface area contributed by atoms with Gasteiger partial charge >= 0.3 is 5.97 Å². The highest BCUT2D eigenvalue weighted by molar-refractivity contribution is 14.1. The van der Waals surface area contributed by atoms with Crippen LogP contribution in [0.4, 0.5) is 0 Å². The molecule has 0 aliphatic heterocycles. The van der Waals surface area contributed by atoms with Crippen LogP contribution in [0.3, 0.4) is 0 Å². The molecule has 0 aliphatic carbocycles. The van der Waals surface area contributed by atoms with Gasteiger partial charge in [0.05, 0.1) is 3.57 Å². The van der Waals surface area contributed by atoms with Crippen molar-refractivity contribution in [3.63, 3.8) is 0 Å². The minimum atomic E-state index is -1.03. The Hall–Kier alpha value is -1.18. The average molecular weight is 289 g/mol. The number of carboxylic acids is 1. The number of imidazole rings is 1. The van der Waals surface area contributed by atoms with Crippen LogP contribution in [-0.2, 0) is 0 Å². The topological polar surface area (TPSA) is 67.5 Å². The molecule has 0 saturated heterocycles.